The Labute approximate surface area is 134 Å². The lowest BCUT2D eigenvalue weighted by Crippen LogP contribution is -2.38. The van der Waals surface area contributed by atoms with E-state index in [1.54, 1.807) is 23.5 Å². The smallest absolute Gasteiger partial charge is 0.243 e. The van der Waals surface area contributed by atoms with E-state index >= 15 is 0 Å². The molecule has 0 radical (unpaired) electrons. The van der Waals surface area contributed by atoms with Crippen molar-refractivity contribution >= 4 is 15.7 Å². The van der Waals surface area contributed by atoms with Crippen molar-refractivity contribution in [1.29, 1.82) is 0 Å². The van der Waals surface area contributed by atoms with E-state index in [0.717, 1.165) is 44.5 Å². The highest BCUT2D eigenvalue weighted by molar-refractivity contribution is 7.89. The summed E-state index contributed by atoms with van der Waals surface area (Å²) in [6.45, 7) is 2.15. The molecule has 0 N–H and O–H groups in total. The highest BCUT2D eigenvalue weighted by atomic mass is 32.2. The highest BCUT2D eigenvalue weighted by Gasteiger charge is 2.29. The molecular weight excluding hydrogens is 296 g/mol. The second kappa shape index (κ2) is 6.59. The molecule has 1 aliphatic carbocycles. The van der Waals surface area contributed by atoms with Gasteiger partial charge in [0.1, 0.15) is 0 Å². The predicted molar refractivity (Wildman–Crippen MR) is 89.7 cm³/mol. The number of sulfonamides is 1. The summed E-state index contributed by atoms with van der Waals surface area (Å²) in [5, 5.41) is 0. The van der Waals surface area contributed by atoms with Gasteiger partial charge in [0, 0.05) is 31.9 Å². The summed E-state index contributed by atoms with van der Waals surface area (Å²) in [5.74, 6) is 0. The van der Waals surface area contributed by atoms with Crippen LogP contribution in [0.3, 0.4) is 0 Å². The molecule has 1 aromatic rings. The van der Waals surface area contributed by atoms with E-state index in [2.05, 4.69) is 4.90 Å². The largest absolute Gasteiger partial charge is 0.372 e. The minimum Gasteiger partial charge on any atom is -0.372 e. The Bertz CT molecular complexity index is 586. The third kappa shape index (κ3) is 3.15. The molecule has 0 aromatic heterocycles. The molecule has 122 valence electrons. The van der Waals surface area contributed by atoms with E-state index in [-0.39, 0.29) is 6.04 Å². The zero-order valence-electron chi connectivity index (χ0n) is 13.4. The summed E-state index contributed by atoms with van der Waals surface area (Å²) in [6, 6.07) is 7.60. The monoisotopic (exact) mass is 322 g/mol. The van der Waals surface area contributed by atoms with Crippen LogP contribution in [0.5, 0.6) is 0 Å². The van der Waals surface area contributed by atoms with Crippen molar-refractivity contribution in [2.45, 2.75) is 55.9 Å². The number of rotatable bonds is 4. The van der Waals surface area contributed by atoms with Crippen LogP contribution in [0.25, 0.3) is 0 Å². The Morgan fingerprint density at radius 3 is 2.14 bits per heavy atom. The van der Waals surface area contributed by atoms with Gasteiger partial charge in [-0.1, -0.05) is 19.3 Å². The van der Waals surface area contributed by atoms with Crippen LogP contribution in [0, 0.1) is 0 Å². The van der Waals surface area contributed by atoms with Crippen LogP contribution >= 0.6 is 0 Å². The third-order valence-corrected chi connectivity index (χ3v) is 7.00. The van der Waals surface area contributed by atoms with E-state index in [1.807, 2.05) is 12.1 Å². The van der Waals surface area contributed by atoms with Crippen molar-refractivity contribution in [3.63, 3.8) is 0 Å². The van der Waals surface area contributed by atoms with Gasteiger partial charge in [0.2, 0.25) is 10.0 Å². The fraction of sp³-hybridized carbons (Fsp3) is 0.647. The topological polar surface area (TPSA) is 40.6 Å². The first kappa shape index (κ1) is 15.8. The zero-order chi connectivity index (χ0) is 15.6. The summed E-state index contributed by atoms with van der Waals surface area (Å²) in [7, 11) is -1.63. The molecule has 2 fully saturated rings. The minimum absolute atomic E-state index is 0.164. The molecule has 0 spiro atoms. The maximum Gasteiger partial charge on any atom is 0.243 e. The van der Waals surface area contributed by atoms with Gasteiger partial charge >= 0.3 is 0 Å². The molecule has 5 heteroatoms. The third-order valence-electron chi connectivity index (χ3n) is 5.07. The van der Waals surface area contributed by atoms with Gasteiger partial charge in [0.15, 0.2) is 0 Å². The molecule has 1 saturated heterocycles. The molecule has 0 unspecified atom stereocenters. The maximum atomic E-state index is 12.8. The van der Waals surface area contributed by atoms with Gasteiger partial charge in [-0.2, -0.15) is 4.31 Å². The van der Waals surface area contributed by atoms with Crippen LogP contribution in [-0.2, 0) is 10.0 Å². The maximum absolute atomic E-state index is 12.8. The molecule has 4 nitrogen and oxygen atoms in total. The van der Waals surface area contributed by atoms with Gasteiger partial charge < -0.3 is 4.90 Å². The molecule has 0 atom stereocenters. The molecule has 3 rings (SSSR count). The number of nitrogens with zero attached hydrogens (tertiary/aromatic N) is 2. The number of anilines is 1. The zero-order valence-corrected chi connectivity index (χ0v) is 14.2. The van der Waals surface area contributed by atoms with Crippen LogP contribution in [-0.4, -0.2) is 38.9 Å². The van der Waals surface area contributed by atoms with Crippen molar-refractivity contribution in [3.8, 4) is 0 Å². The van der Waals surface area contributed by atoms with Gasteiger partial charge in [0.05, 0.1) is 4.90 Å². The highest BCUT2D eigenvalue weighted by Crippen LogP contribution is 2.28. The van der Waals surface area contributed by atoms with Crippen LogP contribution in [0.4, 0.5) is 5.69 Å². The van der Waals surface area contributed by atoms with Crippen molar-refractivity contribution in [2.75, 3.05) is 25.0 Å². The Morgan fingerprint density at radius 2 is 1.55 bits per heavy atom. The standard InChI is InChI=1S/C17H26N2O2S/c1-18(15-7-3-2-4-8-15)22(20,21)17-11-9-16(10-12-17)19-13-5-6-14-19/h9-12,15H,2-8,13-14H2,1H3. The van der Waals surface area contributed by atoms with Gasteiger partial charge in [-0.3, -0.25) is 0 Å². The lowest BCUT2D eigenvalue weighted by molar-refractivity contribution is 0.286. The molecule has 1 heterocycles. The Morgan fingerprint density at radius 1 is 0.955 bits per heavy atom. The average Bonchev–Trinajstić information content (AvgIpc) is 3.09. The van der Waals surface area contributed by atoms with Crippen LogP contribution < -0.4 is 4.90 Å². The van der Waals surface area contributed by atoms with Crippen LogP contribution in [0.15, 0.2) is 29.2 Å². The number of hydrogen-bond donors (Lipinski definition) is 0. The molecule has 1 aromatic carbocycles. The first-order valence-electron chi connectivity index (χ1n) is 8.42. The quantitative estimate of drug-likeness (QED) is 0.854. The van der Waals surface area contributed by atoms with Crippen LogP contribution in [0.1, 0.15) is 44.9 Å². The van der Waals surface area contributed by atoms with Crippen molar-refractivity contribution in [1.82, 2.24) is 4.31 Å². The van der Waals surface area contributed by atoms with Gasteiger partial charge in [-0.05, 0) is 49.9 Å². The Kier molecular flexibility index (Phi) is 4.73. The SMILES string of the molecule is CN(C1CCCCC1)S(=O)(=O)c1ccc(N2CCCC2)cc1. The summed E-state index contributed by atoms with van der Waals surface area (Å²) in [6.07, 6.45) is 7.93. The molecule has 1 aliphatic heterocycles. The van der Waals surface area contributed by atoms with Gasteiger partial charge in [-0.25, -0.2) is 8.42 Å². The summed E-state index contributed by atoms with van der Waals surface area (Å²) >= 11 is 0. The van der Waals surface area contributed by atoms with Gasteiger partial charge in [0.25, 0.3) is 0 Å². The predicted octanol–water partition coefficient (Wildman–Crippen LogP) is 3.24. The normalized spacial score (nSPS) is 20.7. The summed E-state index contributed by atoms with van der Waals surface area (Å²) in [5.41, 5.74) is 1.14. The van der Waals surface area contributed by atoms with Crippen molar-refractivity contribution in [2.24, 2.45) is 0 Å². The first-order chi connectivity index (χ1) is 10.6. The summed E-state index contributed by atoms with van der Waals surface area (Å²) < 4.78 is 27.1. The van der Waals surface area contributed by atoms with E-state index in [0.29, 0.717) is 4.90 Å². The number of benzene rings is 1. The van der Waals surface area contributed by atoms with E-state index in [4.69, 9.17) is 0 Å². The minimum atomic E-state index is -3.36. The first-order valence-corrected chi connectivity index (χ1v) is 9.86. The van der Waals surface area contributed by atoms with E-state index < -0.39 is 10.0 Å². The lowest BCUT2D eigenvalue weighted by atomic mass is 9.96. The fourth-order valence-electron chi connectivity index (χ4n) is 3.61. The average molecular weight is 322 g/mol. The van der Waals surface area contributed by atoms with Crippen molar-refractivity contribution in [3.05, 3.63) is 24.3 Å². The molecule has 0 bridgehead atoms. The molecule has 1 saturated carbocycles. The molecular formula is C17H26N2O2S. The number of hydrogen-bond acceptors (Lipinski definition) is 3. The molecule has 22 heavy (non-hydrogen) atoms. The second-order valence-corrected chi connectivity index (χ2v) is 8.50. The Balaban J connectivity index is 1.76. The van der Waals surface area contributed by atoms with Crippen molar-refractivity contribution < 1.29 is 8.42 Å². The van der Waals surface area contributed by atoms with E-state index in [1.165, 1.54) is 19.3 Å². The lowest BCUT2D eigenvalue weighted by Gasteiger charge is -2.30. The molecule has 0 amide bonds. The van der Waals surface area contributed by atoms with E-state index in [9.17, 15) is 8.42 Å². The van der Waals surface area contributed by atoms with Gasteiger partial charge in [-0.15, -0.1) is 0 Å². The second-order valence-electron chi connectivity index (χ2n) is 6.50. The summed E-state index contributed by atoms with van der Waals surface area (Å²) in [4.78, 5) is 2.74. The Hall–Kier alpha value is -1.07. The molecule has 2 aliphatic rings. The van der Waals surface area contributed by atoms with Crippen LogP contribution in [0.2, 0.25) is 0 Å². The fourth-order valence-corrected chi connectivity index (χ4v) is 5.03.